The third kappa shape index (κ3) is 2.83. The Bertz CT molecular complexity index is 483. The van der Waals surface area contributed by atoms with Crippen LogP contribution in [-0.2, 0) is 0 Å². The van der Waals surface area contributed by atoms with E-state index in [0.717, 1.165) is 25.6 Å². The Morgan fingerprint density at radius 1 is 1.45 bits per heavy atom. The number of nitrogens with zero attached hydrogens (tertiary/aromatic N) is 3. The van der Waals surface area contributed by atoms with Gasteiger partial charge in [-0.1, -0.05) is 11.6 Å². The van der Waals surface area contributed by atoms with E-state index >= 15 is 0 Å². The molecule has 1 aromatic rings. The van der Waals surface area contributed by atoms with Crippen molar-refractivity contribution in [2.24, 2.45) is 5.92 Å². The summed E-state index contributed by atoms with van der Waals surface area (Å²) in [7, 11) is 0. The minimum Gasteiger partial charge on any atom is -0.397 e. The van der Waals surface area contributed by atoms with Crippen LogP contribution < -0.4 is 10.6 Å². The molecule has 0 bridgehead atoms. The van der Waals surface area contributed by atoms with Gasteiger partial charge in [0.05, 0.1) is 5.69 Å². The first kappa shape index (κ1) is 13.9. The average Bonchev–Trinajstić information content (AvgIpc) is 3.19. The third-order valence-electron chi connectivity index (χ3n) is 4.15. The van der Waals surface area contributed by atoms with Crippen molar-refractivity contribution in [3.63, 3.8) is 0 Å². The zero-order valence-corrected chi connectivity index (χ0v) is 12.4. The van der Waals surface area contributed by atoms with Gasteiger partial charge in [0.2, 0.25) is 5.95 Å². The van der Waals surface area contributed by atoms with Gasteiger partial charge in [0, 0.05) is 38.3 Å². The molecule has 110 valence electrons. The van der Waals surface area contributed by atoms with Crippen LogP contribution in [0.15, 0.2) is 6.07 Å². The Labute approximate surface area is 123 Å². The lowest BCUT2D eigenvalue weighted by atomic mass is 10.1. The molecule has 3 rings (SSSR count). The van der Waals surface area contributed by atoms with Gasteiger partial charge in [0.25, 0.3) is 0 Å². The van der Waals surface area contributed by atoms with Crippen LogP contribution in [-0.4, -0.2) is 42.1 Å². The van der Waals surface area contributed by atoms with Crippen molar-refractivity contribution in [3.8, 4) is 0 Å². The Kier molecular flexibility index (Phi) is 3.73. The SMILES string of the molecule is C[C@H]1CN(CC2CC2)CCN1c1cc(N)c(Cl)c(F)n1. The summed E-state index contributed by atoms with van der Waals surface area (Å²) in [4.78, 5) is 8.54. The second-order valence-electron chi connectivity index (χ2n) is 5.92. The molecule has 4 nitrogen and oxygen atoms in total. The van der Waals surface area contributed by atoms with Gasteiger partial charge in [-0.2, -0.15) is 4.39 Å². The first-order valence-corrected chi connectivity index (χ1v) is 7.53. The smallest absolute Gasteiger partial charge is 0.235 e. The van der Waals surface area contributed by atoms with Gasteiger partial charge >= 0.3 is 0 Å². The van der Waals surface area contributed by atoms with Crippen LogP contribution in [0.2, 0.25) is 5.02 Å². The van der Waals surface area contributed by atoms with E-state index in [1.54, 1.807) is 6.07 Å². The van der Waals surface area contributed by atoms with E-state index in [2.05, 4.69) is 21.7 Å². The monoisotopic (exact) mass is 298 g/mol. The maximum Gasteiger partial charge on any atom is 0.235 e. The lowest BCUT2D eigenvalue weighted by molar-refractivity contribution is 0.219. The number of aromatic nitrogens is 1. The van der Waals surface area contributed by atoms with E-state index in [9.17, 15) is 4.39 Å². The van der Waals surface area contributed by atoms with Crippen molar-refractivity contribution in [1.29, 1.82) is 0 Å². The number of pyridine rings is 1. The molecule has 20 heavy (non-hydrogen) atoms. The molecule has 2 N–H and O–H groups in total. The summed E-state index contributed by atoms with van der Waals surface area (Å²) in [6, 6.07) is 1.97. The van der Waals surface area contributed by atoms with Crippen molar-refractivity contribution in [1.82, 2.24) is 9.88 Å². The molecule has 0 aromatic carbocycles. The molecule has 0 radical (unpaired) electrons. The zero-order chi connectivity index (χ0) is 14.3. The number of halogens is 2. The molecule has 1 aromatic heterocycles. The van der Waals surface area contributed by atoms with Gasteiger partial charge in [0.1, 0.15) is 10.8 Å². The number of hydrogen-bond donors (Lipinski definition) is 1. The molecular formula is C14H20ClFN4. The topological polar surface area (TPSA) is 45.4 Å². The van der Waals surface area contributed by atoms with Gasteiger partial charge in [-0.05, 0) is 25.7 Å². The fourth-order valence-corrected chi connectivity index (χ4v) is 2.95. The number of rotatable bonds is 3. The highest BCUT2D eigenvalue weighted by Gasteiger charge is 2.30. The summed E-state index contributed by atoms with van der Waals surface area (Å²) in [5.41, 5.74) is 5.98. The van der Waals surface area contributed by atoms with Crippen LogP contribution in [0.5, 0.6) is 0 Å². The molecule has 2 fully saturated rings. The Morgan fingerprint density at radius 2 is 2.20 bits per heavy atom. The predicted molar refractivity (Wildman–Crippen MR) is 79.6 cm³/mol. The summed E-state index contributed by atoms with van der Waals surface area (Å²) in [5.74, 6) is 0.799. The average molecular weight is 299 g/mol. The minimum absolute atomic E-state index is 0.0891. The fourth-order valence-electron chi connectivity index (χ4n) is 2.86. The van der Waals surface area contributed by atoms with Crippen LogP contribution in [0.4, 0.5) is 15.9 Å². The number of hydrogen-bond acceptors (Lipinski definition) is 4. The van der Waals surface area contributed by atoms with Crippen LogP contribution in [0, 0.1) is 11.9 Å². The number of piperazine rings is 1. The molecule has 1 saturated carbocycles. The van der Waals surface area contributed by atoms with Gasteiger partial charge in [-0.25, -0.2) is 4.98 Å². The second kappa shape index (κ2) is 5.37. The normalized spacial score (nSPS) is 24.1. The minimum atomic E-state index is -0.686. The lowest BCUT2D eigenvalue weighted by Crippen LogP contribution is -2.52. The van der Waals surface area contributed by atoms with E-state index in [1.807, 2.05) is 0 Å². The molecule has 1 aliphatic heterocycles. The highest BCUT2D eigenvalue weighted by Crippen LogP contribution is 2.31. The van der Waals surface area contributed by atoms with Gasteiger partial charge in [0.15, 0.2) is 0 Å². The molecule has 6 heteroatoms. The first-order valence-electron chi connectivity index (χ1n) is 7.15. The number of anilines is 2. The molecule has 0 spiro atoms. The number of nitrogen functional groups attached to an aromatic ring is 1. The van der Waals surface area contributed by atoms with Crippen molar-refractivity contribution in [2.45, 2.75) is 25.8 Å². The van der Waals surface area contributed by atoms with E-state index in [1.165, 1.54) is 19.4 Å². The van der Waals surface area contributed by atoms with Gasteiger partial charge < -0.3 is 10.6 Å². The van der Waals surface area contributed by atoms with E-state index < -0.39 is 5.95 Å². The van der Waals surface area contributed by atoms with E-state index in [4.69, 9.17) is 17.3 Å². The summed E-state index contributed by atoms with van der Waals surface area (Å²) >= 11 is 5.72. The van der Waals surface area contributed by atoms with Gasteiger partial charge in [-0.15, -0.1) is 0 Å². The van der Waals surface area contributed by atoms with Crippen LogP contribution in [0.1, 0.15) is 19.8 Å². The van der Waals surface area contributed by atoms with Crippen molar-refractivity contribution in [3.05, 3.63) is 17.0 Å². The van der Waals surface area contributed by atoms with Crippen molar-refractivity contribution >= 4 is 23.1 Å². The third-order valence-corrected chi connectivity index (χ3v) is 4.53. The largest absolute Gasteiger partial charge is 0.397 e. The molecule has 1 aliphatic carbocycles. The van der Waals surface area contributed by atoms with Crippen molar-refractivity contribution < 1.29 is 4.39 Å². The fraction of sp³-hybridized carbons (Fsp3) is 0.643. The maximum absolute atomic E-state index is 13.6. The Morgan fingerprint density at radius 3 is 2.80 bits per heavy atom. The van der Waals surface area contributed by atoms with Crippen LogP contribution >= 0.6 is 11.6 Å². The Hall–Kier alpha value is -1.07. The first-order chi connectivity index (χ1) is 9.54. The van der Waals surface area contributed by atoms with Gasteiger partial charge in [-0.3, -0.25) is 4.90 Å². The van der Waals surface area contributed by atoms with Crippen LogP contribution in [0.25, 0.3) is 0 Å². The van der Waals surface area contributed by atoms with E-state index in [0.29, 0.717) is 11.9 Å². The Balaban J connectivity index is 1.71. The number of nitrogens with two attached hydrogens (primary N) is 1. The van der Waals surface area contributed by atoms with E-state index in [-0.39, 0.29) is 10.7 Å². The highest BCUT2D eigenvalue weighted by molar-refractivity contribution is 6.33. The molecular weight excluding hydrogens is 279 g/mol. The van der Waals surface area contributed by atoms with Crippen molar-refractivity contribution in [2.75, 3.05) is 36.8 Å². The molecule has 0 unspecified atom stereocenters. The zero-order valence-electron chi connectivity index (χ0n) is 11.6. The second-order valence-corrected chi connectivity index (χ2v) is 6.30. The molecule has 1 saturated heterocycles. The quantitative estimate of drug-likeness (QED) is 0.870. The summed E-state index contributed by atoms with van der Waals surface area (Å²) in [6.45, 7) is 6.17. The summed E-state index contributed by atoms with van der Waals surface area (Å²) in [6.07, 6.45) is 2.74. The molecule has 2 heterocycles. The lowest BCUT2D eigenvalue weighted by Gasteiger charge is -2.40. The molecule has 1 atom stereocenters. The standard InChI is InChI=1S/C14H20ClFN4/c1-9-7-19(8-10-2-3-10)4-5-20(9)12-6-11(17)13(15)14(16)18-12/h6,9-10H,2-5,7-8H2,1H3,(H2,17,18)/t9-/m0/s1. The summed E-state index contributed by atoms with van der Waals surface area (Å²) in [5, 5.41) is -0.0891. The predicted octanol–water partition coefficient (Wildman–Crippen LogP) is 2.38. The maximum atomic E-state index is 13.6. The summed E-state index contributed by atoms with van der Waals surface area (Å²) < 4.78 is 13.6. The molecule has 2 aliphatic rings. The highest BCUT2D eigenvalue weighted by atomic mass is 35.5. The molecule has 0 amide bonds. The van der Waals surface area contributed by atoms with Crippen LogP contribution in [0.3, 0.4) is 0 Å².